The molecular weight excluding hydrogens is 176 g/mol. The predicted octanol–water partition coefficient (Wildman–Crippen LogP) is 1.01. The predicted molar refractivity (Wildman–Crippen MR) is 41.3 cm³/mol. The molecule has 0 unspecified atom stereocenters. The zero-order valence-electron chi connectivity index (χ0n) is 6.13. The van der Waals surface area contributed by atoms with Gasteiger partial charge in [-0.2, -0.15) is 0 Å². The molecule has 0 amide bonds. The van der Waals surface area contributed by atoms with Gasteiger partial charge in [0.05, 0.1) is 0 Å². The molecule has 0 atom stereocenters. The minimum atomic E-state index is 0.617. The van der Waals surface area contributed by atoms with E-state index in [1.807, 2.05) is 24.6 Å². The van der Waals surface area contributed by atoms with E-state index in [0.717, 1.165) is 5.57 Å². The Kier molecular flexibility index (Phi) is 3.33. The van der Waals surface area contributed by atoms with Gasteiger partial charge in [-0.3, -0.25) is 0 Å². The first-order chi connectivity index (χ1) is 5.33. The Morgan fingerprint density at radius 3 is 3.00 bits per heavy atom. The second-order valence-corrected chi connectivity index (χ2v) is 2.49. The third kappa shape index (κ3) is 2.87. The van der Waals surface area contributed by atoms with Gasteiger partial charge in [-0.1, -0.05) is 0 Å². The number of rotatable bonds is 1. The fourth-order valence-corrected chi connectivity index (χ4v) is 0.711. The Bertz CT molecular complexity index is 276. The molecule has 2 heteroatoms. The Balaban J connectivity index is 2.56. The first-order valence-corrected chi connectivity index (χ1v) is 3.78. The van der Waals surface area contributed by atoms with E-state index in [0.29, 0.717) is 4.57 Å². The molecule has 0 aromatic carbocycles. The molecule has 55 valence electrons. The molecule has 11 heavy (non-hydrogen) atoms. The SMILES string of the molecule is CO[C](=[Cr])C#CC1=C[CH]C=C1. The summed E-state index contributed by atoms with van der Waals surface area (Å²) in [5.41, 5.74) is 1.01. The summed E-state index contributed by atoms with van der Waals surface area (Å²) in [4.78, 5) is 0. The van der Waals surface area contributed by atoms with Gasteiger partial charge >= 0.3 is 74.3 Å². The molecule has 1 nitrogen and oxygen atoms in total. The number of allylic oxidation sites excluding steroid dienone is 4. The monoisotopic (exact) mass is 183 g/mol. The Morgan fingerprint density at radius 1 is 1.64 bits per heavy atom. The molecule has 0 fully saturated rings. The van der Waals surface area contributed by atoms with E-state index in [2.05, 4.69) is 27.7 Å². The van der Waals surface area contributed by atoms with Crippen LogP contribution in [0.3, 0.4) is 0 Å². The third-order valence-corrected chi connectivity index (χ3v) is 1.58. The van der Waals surface area contributed by atoms with E-state index in [9.17, 15) is 0 Å². The van der Waals surface area contributed by atoms with Gasteiger partial charge in [0.1, 0.15) is 0 Å². The van der Waals surface area contributed by atoms with Crippen LogP contribution in [0.15, 0.2) is 23.8 Å². The summed E-state index contributed by atoms with van der Waals surface area (Å²) in [5.74, 6) is 5.76. The summed E-state index contributed by atoms with van der Waals surface area (Å²) in [5, 5.41) is 0. The molecule has 1 radical (unpaired) electrons. The van der Waals surface area contributed by atoms with Crippen LogP contribution in [0, 0.1) is 18.3 Å². The summed E-state index contributed by atoms with van der Waals surface area (Å²) < 4.78 is 5.45. The van der Waals surface area contributed by atoms with Crippen molar-refractivity contribution in [2.45, 2.75) is 0 Å². The van der Waals surface area contributed by atoms with E-state index < -0.39 is 0 Å². The van der Waals surface area contributed by atoms with Crippen LogP contribution in [-0.4, -0.2) is 11.7 Å². The van der Waals surface area contributed by atoms with Gasteiger partial charge in [0.2, 0.25) is 0 Å². The number of ether oxygens (including phenoxy) is 1. The first-order valence-electron chi connectivity index (χ1n) is 3.14. The van der Waals surface area contributed by atoms with Crippen molar-refractivity contribution in [2.24, 2.45) is 0 Å². The Morgan fingerprint density at radius 2 is 2.45 bits per heavy atom. The summed E-state index contributed by atoms with van der Waals surface area (Å²) in [7, 11) is 1.59. The molecule has 0 spiro atoms. The third-order valence-electron chi connectivity index (χ3n) is 1.16. The van der Waals surface area contributed by atoms with Crippen LogP contribution in [0.4, 0.5) is 0 Å². The maximum absolute atomic E-state index is 4.84. The van der Waals surface area contributed by atoms with Crippen molar-refractivity contribution in [1.29, 1.82) is 0 Å². The molecule has 0 saturated carbocycles. The molecule has 0 aliphatic heterocycles. The summed E-state index contributed by atoms with van der Waals surface area (Å²) in [6.45, 7) is 0. The molecule has 0 heterocycles. The number of hydrogen-bond acceptors (Lipinski definition) is 1. The van der Waals surface area contributed by atoms with Crippen molar-refractivity contribution in [1.82, 2.24) is 0 Å². The van der Waals surface area contributed by atoms with E-state index >= 15 is 0 Å². The average molecular weight is 183 g/mol. The van der Waals surface area contributed by atoms with Crippen molar-refractivity contribution >= 4 is 4.57 Å². The summed E-state index contributed by atoms with van der Waals surface area (Å²) in [6.07, 6.45) is 7.82. The number of methoxy groups -OCH3 is 1. The maximum atomic E-state index is 4.84. The zero-order valence-corrected chi connectivity index (χ0v) is 7.40. The molecular formula is C9H7CrO. The summed E-state index contributed by atoms with van der Waals surface area (Å²) >= 11 is 2.71. The Hall–Kier alpha value is -0.598. The van der Waals surface area contributed by atoms with Gasteiger partial charge < -0.3 is 0 Å². The second-order valence-electron chi connectivity index (χ2n) is 1.92. The fourth-order valence-electron chi connectivity index (χ4n) is 0.632. The summed E-state index contributed by atoms with van der Waals surface area (Å²) in [6, 6.07) is 0. The van der Waals surface area contributed by atoms with Crippen LogP contribution >= 0.6 is 0 Å². The standard InChI is InChI=1S/C9H7O.Cr/c1-10-8-4-7-9-5-2-3-6-9;/h2-3,5-6H,1H3;. The molecule has 1 aliphatic rings. The minimum absolute atomic E-state index is 0.617. The second kappa shape index (κ2) is 4.32. The molecule has 0 aromatic rings. The van der Waals surface area contributed by atoms with Crippen molar-refractivity contribution < 1.29 is 20.6 Å². The van der Waals surface area contributed by atoms with Crippen LogP contribution < -0.4 is 0 Å². The Labute approximate surface area is 74.7 Å². The van der Waals surface area contributed by atoms with Gasteiger partial charge in [-0.05, 0) is 0 Å². The first kappa shape index (κ1) is 8.50. The van der Waals surface area contributed by atoms with Crippen molar-refractivity contribution in [3.8, 4) is 11.8 Å². The normalized spacial score (nSPS) is 13.7. The van der Waals surface area contributed by atoms with Crippen LogP contribution in [0.5, 0.6) is 0 Å². The van der Waals surface area contributed by atoms with Gasteiger partial charge in [-0.15, -0.1) is 0 Å². The zero-order chi connectivity index (χ0) is 8.10. The quantitative estimate of drug-likeness (QED) is 0.551. The fraction of sp³-hybridized carbons (Fsp3) is 0.111. The molecule has 0 N–H and O–H groups in total. The molecule has 0 saturated heterocycles. The topological polar surface area (TPSA) is 9.23 Å². The molecule has 1 aliphatic carbocycles. The van der Waals surface area contributed by atoms with E-state index in [1.54, 1.807) is 7.11 Å². The van der Waals surface area contributed by atoms with E-state index in [4.69, 9.17) is 4.74 Å². The average Bonchev–Trinajstić information content (AvgIpc) is 2.52. The molecule has 1 rings (SSSR count). The van der Waals surface area contributed by atoms with Crippen LogP contribution in [0.2, 0.25) is 0 Å². The van der Waals surface area contributed by atoms with E-state index in [1.165, 1.54) is 0 Å². The van der Waals surface area contributed by atoms with Crippen LogP contribution in [0.1, 0.15) is 0 Å². The van der Waals surface area contributed by atoms with Crippen molar-refractivity contribution in [2.75, 3.05) is 7.11 Å². The van der Waals surface area contributed by atoms with Crippen molar-refractivity contribution in [3.05, 3.63) is 30.2 Å². The van der Waals surface area contributed by atoms with E-state index in [-0.39, 0.29) is 0 Å². The number of hydrogen-bond donors (Lipinski definition) is 0. The van der Waals surface area contributed by atoms with Gasteiger partial charge in [0.15, 0.2) is 0 Å². The van der Waals surface area contributed by atoms with Gasteiger partial charge in [-0.25, -0.2) is 0 Å². The van der Waals surface area contributed by atoms with Crippen LogP contribution in [0.25, 0.3) is 0 Å². The van der Waals surface area contributed by atoms with Gasteiger partial charge in [0.25, 0.3) is 0 Å². The van der Waals surface area contributed by atoms with Crippen LogP contribution in [-0.2, 0) is 20.6 Å². The van der Waals surface area contributed by atoms with Crippen molar-refractivity contribution in [3.63, 3.8) is 0 Å². The van der Waals surface area contributed by atoms with Gasteiger partial charge in [0, 0.05) is 0 Å². The molecule has 0 aromatic heterocycles. The molecule has 0 bridgehead atoms.